The fourth-order valence-corrected chi connectivity index (χ4v) is 2.38. The highest BCUT2D eigenvalue weighted by Gasteiger charge is 2.18. The van der Waals surface area contributed by atoms with Gasteiger partial charge in [0.25, 0.3) is 5.69 Å². The predicted molar refractivity (Wildman–Crippen MR) is 93.1 cm³/mol. The number of methoxy groups -OCH3 is 3. The molecule has 0 atom stereocenters. The van der Waals surface area contributed by atoms with E-state index in [1.54, 1.807) is 13.0 Å². The Bertz CT molecular complexity index is 833. The average Bonchev–Trinajstić information content (AvgIpc) is 2.65. The Morgan fingerprint density at radius 1 is 1.08 bits per heavy atom. The standard InChI is InChI=1S/C18H19NO7/c1-11-7-14(19(21)22)6-5-12(11)10-26-16-9-13(18(20)25-4)8-15(23-2)17(16)24-3/h5-9H,10H2,1-4H3. The first kappa shape index (κ1) is 19.0. The van der Waals surface area contributed by atoms with E-state index in [0.717, 1.165) is 5.56 Å². The SMILES string of the molecule is COC(=O)c1cc(OC)c(OC)c(OCc2ccc([N+](=O)[O-])cc2C)c1. The second kappa shape index (κ2) is 8.19. The van der Waals surface area contributed by atoms with Crippen molar-refractivity contribution in [3.05, 3.63) is 57.1 Å². The zero-order chi connectivity index (χ0) is 19.3. The van der Waals surface area contributed by atoms with E-state index in [1.165, 1.54) is 45.6 Å². The molecule has 0 bridgehead atoms. The lowest BCUT2D eigenvalue weighted by Gasteiger charge is -2.16. The van der Waals surface area contributed by atoms with Crippen LogP contribution in [0, 0.1) is 17.0 Å². The molecule has 2 aromatic rings. The van der Waals surface area contributed by atoms with Gasteiger partial charge < -0.3 is 18.9 Å². The zero-order valence-electron chi connectivity index (χ0n) is 14.9. The predicted octanol–water partition coefficient (Wildman–Crippen LogP) is 3.29. The molecule has 0 saturated carbocycles. The van der Waals surface area contributed by atoms with E-state index in [1.807, 2.05) is 0 Å². The number of nitro benzene ring substituents is 1. The number of aryl methyl sites for hydroxylation is 1. The maximum atomic E-state index is 11.8. The number of hydrogen-bond donors (Lipinski definition) is 0. The molecule has 0 aliphatic heterocycles. The van der Waals surface area contributed by atoms with Crippen molar-refractivity contribution >= 4 is 11.7 Å². The van der Waals surface area contributed by atoms with E-state index in [-0.39, 0.29) is 17.9 Å². The van der Waals surface area contributed by atoms with Gasteiger partial charge in [-0.2, -0.15) is 0 Å². The number of rotatable bonds is 7. The van der Waals surface area contributed by atoms with Crippen LogP contribution < -0.4 is 14.2 Å². The molecule has 8 heteroatoms. The van der Waals surface area contributed by atoms with Gasteiger partial charge in [0.15, 0.2) is 11.5 Å². The minimum atomic E-state index is -0.540. The maximum Gasteiger partial charge on any atom is 0.338 e. The first-order valence-electron chi connectivity index (χ1n) is 7.62. The summed E-state index contributed by atoms with van der Waals surface area (Å²) in [6.45, 7) is 1.89. The van der Waals surface area contributed by atoms with Gasteiger partial charge in [-0.3, -0.25) is 10.1 Å². The molecular formula is C18H19NO7. The van der Waals surface area contributed by atoms with Crippen molar-refractivity contribution in [1.29, 1.82) is 0 Å². The molecule has 0 N–H and O–H groups in total. The Morgan fingerprint density at radius 2 is 1.77 bits per heavy atom. The first-order valence-corrected chi connectivity index (χ1v) is 7.62. The number of non-ortho nitro benzene ring substituents is 1. The lowest BCUT2D eigenvalue weighted by Crippen LogP contribution is -2.06. The monoisotopic (exact) mass is 361 g/mol. The van der Waals surface area contributed by atoms with Crippen LogP contribution in [0.15, 0.2) is 30.3 Å². The Morgan fingerprint density at radius 3 is 2.31 bits per heavy atom. The van der Waals surface area contributed by atoms with Crippen LogP contribution in [-0.2, 0) is 11.3 Å². The summed E-state index contributed by atoms with van der Waals surface area (Å²) in [5.74, 6) is 0.415. The molecule has 0 aliphatic rings. The van der Waals surface area contributed by atoms with Crippen LogP contribution in [0.1, 0.15) is 21.5 Å². The van der Waals surface area contributed by atoms with E-state index in [9.17, 15) is 14.9 Å². The molecule has 0 amide bonds. The minimum Gasteiger partial charge on any atom is -0.493 e. The molecule has 138 valence electrons. The van der Waals surface area contributed by atoms with Crippen LogP contribution >= 0.6 is 0 Å². The van der Waals surface area contributed by atoms with E-state index in [4.69, 9.17) is 18.9 Å². The number of ether oxygens (including phenoxy) is 4. The smallest absolute Gasteiger partial charge is 0.338 e. The molecule has 0 fully saturated rings. The molecule has 0 aromatic heterocycles. The second-order valence-electron chi connectivity index (χ2n) is 5.36. The molecule has 0 unspecified atom stereocenters. The number of benzene rings is 2. The average molecular weight is 361 g/mol. The molecule has 0 saturated heterocycles. The van der Waals surface area contributed by atoms with Crippen molar-refractivity contribution in [1.82, 2.24) is 0 Å². The molecule has 2 rings (SSSR count). The topological polar surface area (TPSA) is 97.1 Å². The number of carbonyl (C=O) groups is 1. The summed E-state index contributed by atoms with van der Waals surface area (Å²) in [5.41, 5.74) is 1.74. The number of nitro groups is 1. The third-order valence-electron chi connectivity index (χ3n) is 3.79. The fourth-order valence-electron chi connectivity index (χ4n) is 2.38. The lowest BCUT2D eigenvalue weighted by molar-refractivity contribution is -0.384. The highest BCUT2D eigenvalue weighted by molar-refractivity contribution is 5.91. The van der Waals surface area contributed by atoms with Crippen molar-refractivity contribution in [2.45, 2.75) is 13.5 Å². The third kappa shape index (κ3) is 4.02. The van der Waals surface area contributed by atoms with Crippen molar-refractivity contribution in [3.63, 3.8) is 0 Å². The van der Waals surface area contributed by atoms with E-state index in [0.29, 0.717) is 22.8 Å². The highest BCUT2D eigenvalue weighted by atomic mass is 16.6. The molecule has 0 aliphatic carbocycles. The molecule has 26 heavy (non-hydrogen) atoms. The Hall–Kier alpha value is -3.29. The van der Waals surface area contributed by atoms with Gasteiger partial charge in [-0.1, -0.05) is 0 Å². The molecule has 0 heterocycles. The van der Waals surface area contributed by atoms with Gasteiger partial charge in [-0.15, -0.1) is 0 Å². The molecule has 0 radical (unpaired) electrons. The van der Waals surface area contributed by atoms with Crippen molar-refractivity contribution in [2.75, 3.05) is 21.3 Å². The van der Waals surface area contributed by atoms with Crippen LogP contribution in [0.25, 0.3) is 0 Å². The zero-order valence-corrected chi connectivity index (χ0v) is 14.9. The van der Waals surface area contributed by atoms with Gasteiger partial charge in [0.05, 0.1) is 31.8 Å². The first-order chi connectivity index (χ1) is 12.4. The third-order valence-corrected chi connectivity index (χ3v) is 3.79. The van der Waals surface area contributed by atoms with Gasteiger partial charge >= 0.3 is 5.97 Å². The number of esters is 1. The maximum absolute atomic E-state index is 11.8. The Kier molecular flexibility index (Phi) is 6.00. The summed E-state index contributed by atoms with van der Waals surface area (Å²) >= 11 is 0. The van der Waals surface area contributed by atoms with Gasteiger partial charge in [-0.05, 0) is 36.2 Å². The Labute approximate surface area is 150 Å². The Balaban J connectivity index is 2.33. The second-order valence-corrected chi connectivity index (χ2v) is 5.36. The van der Waals surface area contributed by atoms with Crippen LogP contribution in [0.5, 0.6) is 17.2 Å². The molecule has 8 nitrogen and oxygen atoms in total. The summed E-state index contributed by atoms with van der Waals surface area (Å²) in [4.78, 5) is 22.2. The molecule has 2 aromatic carbocycles. The quantitative estimate of drug-likeness (QED) is 0.424. The van der Waals surface area contributed by atoms with Crippen LogP contribution in [0.3, 0.4) is 0 Å². The minimum absolute atomic E-state index is 0.0122. The molecular weight excluding hydrogens is 342 g/mol. The summed E-state index contributed by atoms with van der Waals surface area (Å²) < 4.78 is 21.1. The normalized spacial score (nSPS) is 10.2. The van der Waals surface area contributed by atoms with Crippen LogP contribution in [0.4, 0.5) is 5.69 Å². The summed E-state index contributed by atoms with van der Waals surface area (Å²) in [6.07, 6.45) is 0. The fraction of sp³-hybridized carbons (Fsp3) is 0.278. The molecule has 0 spiro atoms. The lowest BCUT2D eigenvalue weighted by atomic mass is 10.1. The van der Waals surface area contributed by atoms with Gasteiger partial charge in [-0.25, -0.2) is 4.79 Å². The van der Waals surface area contributed by atoms with Gasteiger partial charge in [0, 0.05) is 12.1 Å². The summed E-state index contributed by atoms with van der Waals surface area (Å²) in [7, 11) is 4.18. The largest absolute Gasteiger partial charge is 0.493 e. The van der Waals surface area contributed by atoms with Gasteiger partial charge in [0.1, 0.15) is 6.61 Å². The van der Waals surface area contributed by atoms with E-state index < -0.39 is 10.9 Å². The van der Waals surface area contributed by atoms with Crippen molar-refractivity contribution < 1.29 is 28.7 Å². The number of hydrogen-bond acceptors (Lipinski definition) is 7. The van der Waals surface area contributed by atoms with Gasteiger partial charge in [0.2, 0.25) is 5.75 Å². The van der Waals surface area contributed by atoms with Crippen molar-refractivity contribution in [2.24, 2.45) is 0 Å². The van der Waals surface area contributed by atoms with Crippen molar-refractivity contribution in [3.8, 4) is 17.2 Å². The summed E-state index contributed by atoms with van der Waals surface area (Å²) in [6, 6.07) is 7.50. The number of nitrogens with zero attached hydrogens (tertiary/aromatic N) is 1. The summed E-state index contributed by atoms with van der Waals surface area (Å²) in [5, 5.41) is 10.8. The van der Waals surface area contributed by atoms with E-state index in [2.05, 4.69) is 0 Å². The number of carbonyl (C=O) groups excluding carboxylic acids is 1. The highest BCUT2D eigenvalue weighted by Crippen LogP contribution is 2.39. The van der Waals surface area contributed by atoms with Crippen LogP contribution in [-0.4, -0.2) is 32.2 Å². The van der Waals surface area contributed by atoms with Crippen LogP contribution in [0.2, 0.25) is 0 Å². The van der Waals surface area contributed by atoms with E-state index >= 15 is 0 Å².